The lowest BCUT2D eigenvalue weighted by atomic mass is 10.0. The molecule has 0 saturated carbocycles. The fourth-order valence-electron chi connectivity index (χ4n) is 2.26. The monoisotopic (exact) mass is 343 g/mol. The number of thiazole rings is 1. The van der Waals surface area contributed by atoms with Crippen molar-refractivity contribution in [3.05, 3.63) is 52.9 Å². The van der Waals surface area contributed by atoms with Crippen molar-refractivity contribution in [2.24, 2.45) is 0 Å². The molecule has 1 atom stereocenters. The molecule has 1 aromatic carbocycles. The van der Waals surface area contributed by atoms with Crippen molar-refractivity contribution >= 4 is 23.2 Å². The van der Waals surface area contributed by atoms with Crippen LogP contribution in [0.3, 0.4) is 0 Å². The topological polar surface area (TPSA) is 62.3 Å². The molecule has 6 heteroatoms. The highest BCUT2D eigenvalue weighted by Crippen LogP contribution is 2.23. The van der Waals surface area contributed by atoms with Crippen LogP contribution >= 0.6 is 11.3 Å². The minimum absolute atomic E-state index is 0.00533. The molecule has 2 rings (SSSR count). The van der Waals surface area contributed by atoms with E-state index in [0.717, 1.165) is 21.8 Å². The van der Waals surface area contributed by atoms with Crippen LogP contribution in [0.2, 0.25) is 0 Å². The Morgan fingerprint density at radius 1 is 1.38 bits per heavy atom. The summed E-state index contributed by atoms with van der Waals surface area (Å²) in [5, 5.41) is 5.95. The van der Waals surface area contributed by atoms with Crippen molar-refractivity contribution in [2.45, 2.75) is 19.9 Å². The molecule has 2 aromatic rings. The first-order valence-corrected chi connectivity index (χ1v) is 8.48. The minimum Gasteiger partial charge on any atom is -0.348 e. The third-order valence-electron chi connectivity index (χ3n) is 3.63. The van der Waals surface area contributed by atoms with Crippen LogP contribution in [0, 0.1) is 6.92 Å². The maximum absolute atomic E-state index is 12.0. The van der Waals surface area contributed by atoms with Gasteiger partial charge < -0.3 is 10.2 Å². The Labute approximate surface area is 146 Å². The van der Waals surface area contributed by atoms with Crippen LogP contribution in [-0.2, 0) is 9.59 Å². The predicted molar refractivity (Wildman–Crippen MR) is 96.7 cm³/mol. The van der Waals surface area contributed by atoms with Gasteiger partial charge >= 0.3 is 0 Å². The summed E-state index contributed by atoms with van der Waals surface area (Å²) in [5.74, 6) is -0.486. The summed E-state index contributed by atoms with van der Waals surface area (Å²) < 4.78 is 0. The van der Waals surface area contributed by atoms with Gasteiger partial charge in [0.2, 0.25) is 11.8 Å². The minimum atomic E-state index is -0.277. The third-order valence-corrected chi connectivity index (χ3v) is 4.41. The van der Waals surface area contributed by atoms with Gasteiger partial charge in [-0.15, -0.1) is 11.3 Å². The molecule has 0 aliphatic heterocycles. The van der Waals surface area contributed by atoms with Crippen LogP contribution in [-0.4, -0.2) is 35.3 Å². The number of carbonyl (C=O) groups excluding carboxylic acids is 2. The Kier molecular flexibility index (Phi) is 5.87. The SMILES string of the molecule is C=CC(=O)N(C)CC(=O)NC(C)c1ccc(-c2csc(C)n2)cc1. The molecule has 0 aliphatic rings. The lowest BCUT2D eigenvalue weighted by Gasteiger charge is -2.18. The van der Waals surface area contributed by atoms with Crippen LogP contribution in [0.1, 0.15) is 23.5 Å². The number of aryl methyl sites for hydroxylation is 1. The fraction of sp³-hybridized carbons (Fsp3) is 0.278. The molecular weight excluding hydrogens is 322 g/mol. The Morgan fingerprint density at radius 2 is 2.04 bits per heavy atom. The number of hydrogen-bond acceptors (Lipinski definition) is 4. The molecule has 1 heterocycles. The third kappa shape index (κ3) is 4.52. The molecule has 0 saturated heterocycles. The van der Waals surface area contributed by atoms with E-state index in [1.54, 1.807) is 18.4 Å². The predicted octanol–water partition coefficient (Wildman–Crippen LogP) is 2.94. The summed E-state index contributed by atoms with van der Waals surface area (Å²) in [6, 6.07) is 7.82. The first kappa shape index (κ1) is 17.9. The highest BCUT2D eigenvalue weighted by atomic mass is 32.1. The number of benzene rings is 1. The molecule has 0 radical (unpaired) electrons. The Balaban J connectivity index is 1.97. The highest BCUT2D eigenvalue weighted by Gasteiger charge is 2.14. The van der Waals surface area contributed by atoms with Crippen LogP contribution in [0.5, 0.6) is 0 Å². The van der Waals surface area contributed by atoms with E-state index >= 15 is 0 Å². The molecule has 0 bridgehead atoms. The number of rotatable bonds is 6. The van der Waals surface area contributed by atoms with E-state index < -0.39 is 0 Å². The van der Waals surface area contributed by atoms with Gasteiger partial charge in [0.25, 0.3) is 0 Å². The van der Waals surface area contributed by atoms with Gasteiger partial charge in [-0.3, -0.25) is 9.59 Å². The summed E-state index contributed by atoms with van der Waals surface area (Å²) in [4.78, 5) is 29.2. The van der Waals surface area contributed by atoms with Crippen molar-refractivity contribution in [3.63, 3.8) is 0 Å². The first-order valence-electron chi connectivity index (χ1n) is 7.60. The Hall–Kier alpha value is -2.47. The number of amides is 2. The van der Waals surface area contributed by atoms with E-state index in [1.807, 2.05) is 43.5 Å². The smallest absolute Gasteiger partial charge is 0.246 e. The number of hydrogen-bond donors (Lipinski definition) is 1. The second kappa shape index (κ2) is 7.88. The summed E-state index contributed by atoms with van der Waals surface area (Å²) in [7, 11) is 1.57. The van der Waals surface area contributed by atoms with Gasteiger partial charge in [-0.05, 0) is 25.5 Å². The molecule has 1 aromatic heterocycles. The molecule has 0 spiro atoms. The maximum Gasteiger partial charge on any atom is 0.246 e. The van der Waals surface area contributed by atoms with Gasteiger partial charge in [0.1, 0.15) is 0 Å². The van der Waals surface area contributed by atoms with Gasteiger partial charge in [0.15, 0.2) is 0 Å². The van der Waals surface area contributed by atoms with Crippen molar-refractivity contribution in [1.82, 2.24) is 15.2 Å². The van der Waals surface area contributed by atoms with Gasteiger partial charge in [0, 0.05) is 18.0 Å². The van der Waals surface area contributed by atoms with E-state index in [1.165, 1.54) is 11.0 Å². The summed E-state index contributed by atoms with van der Waals surface area (Å²) >= 11 is 1.62. The standard InChI is InChI=1S/C18H21N3O2S/c1-5-18(23)21(4)10-17(22)19-12(2)14-6-8-15(9-7-14)16-11-24-13(3)20-16/h5-9,11-12H,1,10H2,2-4H3,(H,19,22). The number of nitrogens with one attached hydrogen (secondary N) is 1. The molecule has 0 fully saturated rings. The first-order chi connectivity index (χ1) is 11.4. The molecule has 0 aliphatic carbocycles. The van der Waals surface area contributed by atoms with E-state index in [2.05, 4.69) is 16.9 Å². The van der Waals surface area contributed by atoms with Crippen LogP contribution in [0.4, 0.5) is 0 Å². The number of likely N-dealkylation sites (N-methyl/N-ethyl adjacent to an activating group) is 1. The van der Waals surface area contributed by atoms with Crippen molar-refractivity contribution < 1.29 is 9.59 Å². The van der Waals surface area contributed by atoms with Crippen LogP contribution in [0.15, 0.2) is 42.3 Å². The summed E-state index contributed by atoms with van der Waals surface area (Å²) in [6.07, 6.45) is 1.19. The molecule has 24 heavy (non-hydrogen) atoms. The Morgan fingerprint density at radius 3 is 2.58 bits per heavy atom. The van der Waals surface area contributed by atoms with Crippen molar-refractivity contribution in [2.75, 3.05) is 13.6 Å². The van der Waals surface area contributed by atoms with E-state index in [9.17, 15) is 9.59 Å². The van der Waals surface area contributed by atoms with Crippen molar-refractivity contribution in [3.8, 4) is 11.3 Å². The van der Waals surface area contributed by atoms with Gasteiger partial charge in [0.05, 0.1) is 23.3 Å². The zero-order valence-corrected chi connectivity index (χ0v) is 14.9. The average molecular weight is 343 g/mol. The summed E-state index contributed by atoms with van der Waals surface area (Å²) in [6.45, 7) is 7.30. The number of nitrogens with zero attached hydrogens (tertiary/aromatic N) is 2. The quantitative estimate of drug-likeness (QED) is 0.820. The second-order valence-corrected chi connectivity index (χ2v) is 6.62. The Bertz CT molecular complexity index is 737. The highest BCUT2D eigenvalue weighted by molar-refractivity contribution is 7.09. The van der Waals surface area contributed by atoms with Gasteiger partial charge in [-0.1, -0.05) is 30.8 Å². The lowest BCUT2D eigenvalue weighted by Crippen LogP contribution is -2.38. The van der Waals surface area contributed by atoms with E-state index in [4.69, 9.17) is 0 Å². The van der Waals surface area contributed by atoms with Gasteiger partial charge in [-0.2, -0.15) is 0 Å². The zero-order chi connectivity index (χ0) is 17.7. The normalized spacial score (nSPS) is 11.6. The fourth-order valence-corrected chi connectivity index (χ4v) is 2.88. The molecule has 5 nitrogen and oxygen atoms in total. The van der Waals surface area contributed by atoms with Crippen molar-refractivity contribution in [1.29, 1.82) is 0 Å². The zero-order valence-electron chi connectivity index (χ0n) is 14.1. The van der Waals surface area contributed by atoms with E-state index in [0.29, 0.717) is 0 Å². The number of carbonyl (C=O) groups is 2. The molecule has 2 amide bonds. The maximum atomic E-state index is 12.0. The van der Waals surface area contributed by atoms with Crippen LogP contribution in [0.25, 0.3) is 11.3 Å². The summed E-state index contributed by atoms with van der Waals surface area (Å²) in [5.41, 5.74) is 3.01. The largest absolute Gasteiger partial charge is 0.348 e. The molecule has 1 unspecified atom stereocenters. The second-order valence-electron chi connectivity index (χ2n) is 5.56. The number of aromatic nitrogens is 1. The van der Waals surface area contributed by atoms with Crippen LogP contribution < -0.4 is 5.32 Å². The molecule has 126 valence electrons. The molecule has 1 N–H and O–H groups in total. The molecular formula is C18H21N3O2S. The lowest BCUT2D eigenvalue weighted by molar-refractivity contribution is -0.131. The van der Waals surface area contributed by atoms with Gasteiger partial charge in [-0.25, -0.2) is 4.98 Å². The van der Waals surface area contributed by atoms with E-state index in [-0.39, 0.29) is 24.4 Å². The average Bonchev–Trinajstić information content (AvgIpc) is 3.00.